The first-order valence-corrected chi connectivity index (χ1v) is 11.4. The Morgan fingerprint density at radius 1 is 1.09 bits per heavy atom. The zero-order chi connectivity index (χ0) is 23.6. The van der Waals surface area contributed by atoms with E-state index in [1.165, 1.54) is 0 Å². The number of H-pyrrole nitrogens is 1. The summed E-state index contributed by atoms with van der Waals surface area (Å²) in [5.74, 6) is 0.529. The fourth-order valence-electron chi connectivity index (χ4n) is 4.38. The van der Waals surface area contributed by atoms with Crippen molar-refractivity contribution in [2.45, 2.75) is 66.0 Å². The van der Waals surface area contributed by atoms with Crippen molar-refractivity contribution in [1.82, 2.24) is 34.7 Å². The fourth-order valence-corrected chi connectivity index (χ4v) is 4.38. The topological polar surface area (TPSA) is 94.3 Å². The van der Waals surface area contributed by atoms with E-state index in [0.29, 0.717) is 18.1 Å². The predicted molar refractivity (Wildman–Crippen MR) is 129 cm³/mol. The van der Waals surface area contributed by atoms with Crippen LogP contribution in [0.3, 0.4) is 0 Å². The van der Waals surface area contributed by atoms with E-state index in [0.717, 1.165) is 47.3 Å². The first-order chi connectivity index (χ1) is 15.8. The Hall–Kier alpha value is -3.55. The molecular weight excluding hydrogens is 414 g/mol. The Morgan fingerprint density at radius 2 is 1.85 bits per heavy atom. The minimum absolute atomic E-state index is 0.0579. The van der Waals surface area contributed by atoms with Gasteiger partial charge in [-0.2, -0.15) is 0 Å². The number of unbranched alkanes of at least 4 members (excludes halogenated alkanes) is 1. The van der Waals surface area contributed by atoms with Gasteiger partial charge in [0.05, 0.1) is 6.54 Å². The largest absolute Gasteiger partial charge is 0.329 e. The molecule has 0 spiro atoms. The number of nitrogens with one attached hydrogen (secondary N) is 1. The van der Waals surface area contributed by atoms with E-state index >= 15 is 0 Å². The number of tetrazole rings is 1. The van der Waals surface area contributed by atoms with Gasteiger partial charge in [0.15, 0.2) is 5.82 Å². The highest BCUT2D eigenvalue weighted by Crippen LogP contribution is 2.28. The lowest BCUT2D eigenvalue weighted by atomic mass is 10.0. The van der Waals surface area contributed by atoms with Gasteiger partial charge in [-0.3, -0.25) is 14.1 Å². The van der Waals surface area contributed by atoms with Gasteiger partial charge in [0, 0.05) is 28.7 Å². The zero-order valence-corrected chi connectivity index (χ0v) is 20.0. The van der Waals surface area contributed by atoms with Gasteiger partial charge < -0.3 is 0 Å². The molecular formula is C25H31N7O. The molecule has 0 radical (unpaired) electrons. The third kappa shape index (κ3) is 4.51. The number of hydrogen-bond acceptors (Lipinski definition) is 5. The number of benzene rings is 1. The Bertz CT molecular complexity index is 1280. The minimum Gasteiger partial charge on any atom is -0.292 e. The third-order valence-electron chi connectivity index (χ3n) is 5.92. The molecule has 0 bridgehead atoms. The van der Waals surface area contributed by atoms with Gasteiger partial charge in [-0.05, 0) is 68.2 Å². The van der Waals surface area contributed by atoms with Crippen molar-refractivity contribution in [2.75, 3.05) is 0 Å². The molecule has 4 rings (SSSR count). The molecule has 3 heterocycles. The van der Waals surface area contributed by atoms with Gasteiger partial charge >= 0.3 is 5.69 Å². The average Bonchev–Trinajstić information content (AvgIpc) is 3.40. The smallest absolute Gasteiger partial charge is 0.292 e. The second-order valence-corrected chi connectivity index (χ2v) is 9.36. The molecule has 8 nitrogen and oxygen atoms in total. The maximum Gasteiger partial charge on any atom is 0.329 e. The normalized spacial score (nSPS) is 11.8. The third-order valence-corrected chi connectivity index (χ3v) is 5.92. The van der Waals surface area contributed by atoms with Crippen LogP contribution >= 0.6 is 0 Å². The van der Waals surface area contributed by atoms with E-state index in [2.05, 4.69) is 84.5 Å². The summed E-state index contributed by atoms with van der Waals surface area (Å²) in [7, 11) is 0. The molecule has 0 atom stereocenters. The van der Waals surface area contributed by atoms with Crippen molar-refractivity contribution in [2.24, 2.45) is 0 Å². The molecule has 0 saturated carbocycles. The molecule has 0 amide bonds. The average molecular weight is 446 g/mol. The molecule has 172 valence electrons. The Labute approximate surface area is 193 Å². The summed E-state index contributed by atoms with van der Waals surface area (Å²) in [6.07, 6.45) is 4.79. The fraction of sp³-hybridized carbons (Fsp3) is 0.400. The SMILES string of the molecule is CCCCc1c(C)n(C(C)(C)C)c(=O)n1Cc1ccc(-c2cccnc2-c2nnn[nH]2)cc1. The number of aromatic amines is 1. The van der Waals surface area contributed by atoms with E-state index in [4.69, 9.17) is 0 Å². The maximum atomic E-state index is 13.4. The highest BCUT2D eigenvalue weighted by atomic mass is 16.2. The van der Waals surface area contributed by atoms with E-state index in [-0.39, 0.29) is 11.2 Å². The van der Waals surface area contributed by atoms with E-state index in [1.54, 1.807) is 6.20 Å². The summed E-state index contributed by atoms with van der Waals surface area (Å²) < 4.78 is 3.88. The number of aromatic nitrogens is 7. The van der Waals surface area contributed by atoms with Crippen LogP contribution < -0.4 is 5.69 Å². The molecule has 8 heteroatoms. The van der Waals surface area contributed by atoms with Crippen LogP contribution in [0, 0.1) is 6.92 Å². The molecule has 0 aliphatic rings. The summed E-state index contributed by atoms with van der Waals surface area (Å²) >= 11 is 0. The molecule has 33 heavy (non-hydrogen) atoms. The second kappa shape index (κ2) is 9.13. The molecule has 0 aliphatic heterocycles. The number of nitrogens with zero attached hydrogens (tertiary/aromatic N) is 6. The maximum absolute atomic E-state index is 13.4. The van der Waals surface area contributed by atoms with Crippen LogP contribution in [0.1, 0.15) is 57.5 Å². The molecule has 4 aromatic rings. The van der Waals surface area contributed by atoms with Gasteiger partial charge in [0.25, 0.3) is 0 Å². The lowest BCUT2D eigenvalue weighted by molar-refractivity contribution is 0.373. The lowest BCUT2D eigenvalue weighted by Crippen LogP contribution is -2.35. The molecule has 0 unspecified atom stereocenters. The van der Waals surface area contributed by atoms with Crippen molar-refractivity contribution in [3.8, 4) is 22.6 Å². The van der Waals surface area contributed by atoms with Crippen molar-refractivity contribution in [1.29, 1.82) is 0 Å². The number of pyridine rings is 1. The summed E-state index contributed by atoms with van der Waals surface area (Å²) in [5.41, 5.74) is 5.73. The van der Waals surface area contributed by atoms with Crippen LogP contribution in [0.4, 0.5) is 0 Å². The van der Waals surface area contributed by atoms with Crippen LogP contribution in [0.5, 0.6) is 0 Å². The van der Waals surface area contributed by atoms with Gasteiger partial charge in [0.1, 0.15) is 5.69 Å². The summed E-state index contributed by atoms with van der Waals surface area (Å²) in [4.78, 5) is 17.8. The van der Waals surface area contributed by atoms with Crippen LogP contribution in [0.15, 0.2) is 47.4 Å². The van der Waals surface area contributed by atoms with Gasteiger partial charge in [-0.25, -0.2) is 9.89 Å². The standard InChI is InChI=1S/C25H31N7O/c1-6-7-10-21-17(2)32(25(3,4)5)24(33)31(21)16-18-11-13-19(14-12-18)20-9-8-15-26-22(20)23-27-29-30-28-23/h8-9,11-15H,6-7,10,16H2,1-5H3,(H,27,28,29,30). The summed E-state index contributed by atoms with van der Waals surface area (Å²) in [5, 5.41) is 14.1. The molecule has 1 aromatic carbocycles. The predicted octanol–water partition coefficient (Wildman–Crippen LogP) is 4.35. The van der Waals surface area contributed by atoms with E-state index in [9.17, 15) is 4.79 Å². The number of imidazole rings is 1. The lowest BCUT2D eigenvalue weighted by Gasteiger charge is -2.21. The monoisotopic (exact) mass is 445 g/mol. The second-order valence-electron chi connectivity index (χ2n) is 9.36. The Kier molecular flexibility index (Phi) is 6.26. The molecule has 0 saturated heterocycles. The molecule has 0 fully saturated rings. The summed E-state index contributed by atoms with van der Waals surface area (Å²) in [6.45, 7) is 11.0. The van der Waals surface area contributed by atoms with Gasteiger partial charge in [-0.1, -0.05) is 43.7 Å². The molecule has 0 aliphatic carbocycles. The van der Waals surface area contributed by atoms with Crippen LogP contribution in [-0.4, -0.2) is 34.7 Å². The minimum atomic E-state index is -0.260. The van der Waals surface area contributed by atoms with Crippen molar-refractivity contribution in [3.63, 3.8) is 0 Å². The van der Waals surface area contributed by atoms with Gasteiger partial charge in [-0.15, -0.1) is 5.10 Å². The molecule has 3 aromatic heterocycles. The Balaban J connectivity index is 1.68. The Morgan fingerprint density at radius 3 is 2.48 bits per heavy atom. The zero-order valence-electron chi connectivity index (χ0n) is 20.0. The van der Waals surface area contributed by atoms with Crippen LogP contribution in [0.25, 0.3) is 22.6 Å². The van der Waals surface area contributed by atoms with E-state index < -0.39 is 0 Å². The number of hydrogen-bond donors (Lipinski definition) is 1. The van der Waals surface area contributed by atoms with Crippen molar-refractivity contribution < 1.29 is 0 Å². The first kappa shape index (κ1) is 22.6. The van der Waals surface area contributed by atoms with Gasteiger partial charge in [0.2, 0.25) is 0 Å². The first-order valence-electron chi connectivity index (χ1n) is 11.4. The van der Waals surface area contributed by atoms with Crippen LogP contribution in [0.2, 0.25) is 0 Å². The number of rotatable bonds is 7. The van der Waals surface area contributed by atoms with Crippen molar-refractivity contribution in [3.05, 3.63) is 70.0 Å². The van der Waals surface area contributed by atoms with Crippen LogP contribution in [-0.2, 0) is 18.5 Å². The van der Waals surface area contributed by atoms with Crippen molar-refractivity contribution >= 4 is 0 Å². The summed E-state index contributed by atoms with van der Waals surface area (Å²) in [6, 6.07) is 12.2. The highest BCUT2D eigenvalue weighted by Gasteiger charge is 2.24. The van der Waals surface area contributed by atoms with E-state index in [1.807, 2.05) is 21.3 Å². The quantitative estimate of drug-likeness (QED) is 0.456. The molecule has 1 N–H and O–H groups in total. The highest BCUT2D eigenvalue weighted by molar-refractivity contribution is 5.77.